The quantitative estimate of drug-likeness (QED) is 0.803. The van der Waals surface area contributed by atoms with Gasteiger partial charge >= 0.3 is 0 Å². The number of carbonyl (C=O) groups excluding carboxylic acids is 1. The van der Waals surface area contributed by atoms with Gasteiger partial charge in [0, 0.05) is 16.8 Å². The van der Waals surface area contributed by atoms with Crippen LogP contribution in [0.25, 0.3) is 0 Å². The Labute approximate surface area is 112 Å². The number of nitrogens with one attached hydrogen (secondary N) is 1. The molecule has 3 heteroatoms. The van der Waals surface area contributed by atoms with Gasteiger partial charge in [-0.25, -0.2) is 0 Å². The van der Waals surface area contributed by atoms with Crippen molar-refractivity contribution in [3.05, 3.63) is 65.7 Å². The van der Waals surface area contributed by atoms with E-state index in [4.69, 9.17) is 5.73 Å². The molecular formula is C16H14N2O. The molecule has 0 heterocycles. The van der Waals surface area contributed by atoms with Crippen molar-refractivity contribution < 1.29 is 4.79 Å². The van der Waals surface area contributed by atoms with Gasteiger partial charge in [0.25, 0.3) is 5.91 Å². The van der Waals surface area contributed by atoms with Crippen molar-refractivity contribution in [2.45, 2.75) is 0 Å². The highest BCUT2D eigenvalue weighted by Gasteiger charge is 2.04. The van der Waals surface area contributed by atoms with Crippen molar-refractivity contribution in [1.82, 2.24) is 0 Å². The lowest BCUT2D eigenvalue weighted by atomic mass is 10.1. The van der Waals surface area contributed by atoms with Crippen LogP contribution >= 0.6 is 0 Å². The Kier molecular flexibility index (Phi) is 4.33. The van der Waals surface area contributed by atoms with E-state index in [-0.39, 0.29) is 5.91 Å². The normalized spacial score (nSPS) is 9.32. The Balaban J connectivity index is 2.08. The average molecular weight is 250 g/mol. The number of amides is 1. The molecule has 0 fully saturated rings. The zero-order valence-electron chi connectivity index (χ0n) is 10.4. The molecule has 0 saturated carbocycles. The summed E-state index contributed by atoms with van der Waals surface area (Å²) in [5.41, 5.74) is 7.53. The second-order valence-electron chi connectivity index (χ2n) is 3.90. The number of benzene rings is 2. The molecule has 94 valence electrons. The maximum absolute atomic E-state index is 12.0. The summed E-state index contributed by atoms with van der Waals surface area (Å²) in [6.07, 6.45) is 0. The highest BCUT2D eigenvalue weighted by atomic mass is 16.1. The van der Waals surface area contributed by atoms with Crippen molar-refractivity contribution in [2.24, 2.45) is 5.73 Å². The van der Waals surface area contributed by atoms with Gasteiger partial charge in [-0.1, -0.05) is 30.0 Å². The van der Waals surface area contributed by atoms with E-state index in [1.165, 1.54) is 0 Å². The van der Waals surface area contributed by atoms with Crippen LogP contribution in [-0.4, -0.2) is 12.5 Å². The smallest absolute Gasteiger partial charge is 0.255 e. The molecule has 0 atom stereocenters. The fraction of sp³-hybridized carbons (Fsp3) is 0.0625. The van der Waals surface area contributed by atoms with Gasteiger partial charge in [0.1, 0.15) is 0 Å². The summed E-state index contributed by atoms with van der Waals surface area (Å²) in [5.74, 6) is 5.55. The van der Waals surface area contributed by atoms with Crippen LogP contribution in [-0.2, 0) is 0 Å². The third-order valence-corrected chi connectivity index (χ3v) is 2.51. The number of para-hydroxylation sites is 1. The van der Waals surface area contributed by atoms with Gasteiger partial charge in [-0.3, -0.25) is 4.79 Å². The van der Waals surface area contributed by atoms with Crippen molar-refractivity contribution in [3.8, 4) is 11.8 Å². The molecule has 3 nitrogen and oxygen atoms in total. The lowest BCUT2D eigenvalue weighted by Crippen LogP contribution is -2.11. The van der Waals surface area contributed by atoms with Crippen molar-refractivity contribution in [3.63, 3.8) is 0 Å². The summed E-state index contributed by atoms with van der Waals surface area (Å²) >= 11 is 0. The number of rotatable bonds is 2. The fourth-order valence-corrected chi connectivity index (χ4v) is 1.58. The zero-order valence-corrected chi connectivity index (χ0v) is 10.4. The molecule has 0 aliphatic carbocycles. The first-order valence-electron chi connectivity index (χ1n) is 5.95. The van der Waals surface area contributed by atoms with Gasteiger partial charge in [0.2, 0.25) is 0 Å². The Bertz CT molecular complexity index is 607. The maximum atomic E-state index is 12.0. The minimum Gasteiger partial charge on any atom is -0.322 e. The van der Waals surface area contributed by atoms with E-state index in [0.717, 1.165) is 11.3 Å². The Hall–Kier alpha value is -2.57. The van der Waals surface area contributed by atoms with E-state index in [1.54, 1.807) is 12.1 Å². The van der Waals surface area contributed by atoms with Crippen LogP contribution in [0.4, 0.5) is 5.69 Å². The molecule has 0 spiro atoms. The van der Waals surface area contributed by atoms with Crippen LogP contribution in [0.5, 0.6) is 0 Å². The maximum Gasteiger partial charge on any atom is 0.255 e. The summed E-state index contributed by atoms with van der Waals surface area (Å²) in [6, 6.07) is 16.5. The highest BCUT2D eigenvalue weighted by molar-refractivity contribution is 6.04. The molecule has 3 N–H and O–H groups in total. The molecule has 0 aromatic heterocycles. The predicted molar refractivity (Wildman–Crippen MR) is 76.8 cm³/mol. The first-order valence-corrected chi connectivity index (χ1v) is 5.95. The molecule has 0 unspecified atom stereocenters. The second kappa shape index (κ2) is 6.39. The van der Waals surface area contributed by atoms with E-state index >= 15 is 0 Å². The average Bonchev–Trinajstić information content (AvgIpc) is 2.46. The molecule has 2 rings (SSSR count). The van der Waals surface area contributed by atoms with Crippen LogP contribution in [0, 0.1) is 11.8 Å². The largest absolute Gasteiger partial charge is 0.322 e. The standard InChI is InChI=1S/C16H14N2O/c17-12-4-5-13-8-10-14(11-9-13)16(19)18-15-6-2-1-3-7-15/h1-3,6-11H,12,17H2,(H,18,19). The number of carbonyl (C=O) groups is 1. The Morgan fingerprint density at radius 2 is 1.74 bits per heavy atom. The molecule has 0 aliphatic heterocycles. The summed E-state index contributed by atoms with van der Waals surface area (Å²) in [6.45, 7) is 0.330. The van der Waals surface area contributed by atoms with Gasteiger partial charge < -0.3 is 11.1 Å². The van der Waals surface area contributed by atoms with Crippen LogP contribution in [0.3, 0.4) is 0 Å². The molecule has 1 amide bonds. The molecule has 0 radical (unpaired) electrons. The first-order chi connectivity index (χ1) is 9.29. The summed E-state index contributed by atoms with van der Waals surface area (Å²) in [5, 5.41) is 2.83. The monoisotopic (exact) mass is 250 g/mol. The zero-order chi connectivity index (χ0) is 13.5. The Morgan fingerprint density at radius 1 is 1.05 bits per heavy atom. The minimum absolute atomic E-state index is 0.135. The Morgan fingerprint density at radius 3 is 2.37 bits per heavy atom. The van der Waals surface area contributed by atoms with E-state index in [1.807, 2.05) is 42.5 Å². The second-order valence-corrected chi connectivity index (χ2v) is 3.90. The van der Waals surface area contributed by atoms with Crippen molar-refractivity contribution in [1.29, 1.82) is 0 Å². The molecule has 0 bridgehead atoms. The minimum atomic E-state index is -0.135. The van der Waals surface area contributed by atoms with Gasteiger partial charge in [0.15, 0.2) is 0 Å². The van der Waals surface area contributed by atoms with Crippen molar-refractivity contribution >= 4 is 11.6 Å². The summed E-state index contributed by atoms with van der Waals surface area (Å²) in [4.78, 5) is 12.0. The van der Waals surface area contributed by atoms with E-state index in [9.17, 15) is 4.79 Å². The molecule has 0 saturated heterocycles. The number of hydrogen-bond acceptors (Lipinski definition) is 2. The molecule has 2 aromatic carbocycles. The lowest BCUT2D eigenvalue weighted by molar-refractivity contribution is 0.102. The molecule has 2 aromatic rings. The van der Waals surface area contributed by atoms with Crippen LogP contribution in [0.15, 0.2) is 54.6 Å². The van der Waals surface area contributed by atoms with E-state index in [2.05, 4.69) is 17.2 Å². The van der Waals surface area contributed by atoms with Crippen LogP contribution in [0.1, 0.15) is 15.9 Å². The molecule has 19 heavy (non-hydrogen) atoms. The fourth-order valence-electron chi connectivity index (χ4n) is 1.58. The van der Waals surface area contributed by atoms with E-state index < -0.39 is 0 Å². The number of nitrogens with two attached hydrogens (primary N) is 1. The first kappa shape index (κ1) is 12.9. The predicted octanol–water partition coefficient (Wildman–Crippen LogP) is 2.25. The van der Waals surface area contributed by atoms with Gasteiger partial charge in [-0.2, -0.15) is 0 Å². The van der Waals surface area contributed by atoms with Crippen LogP contribution < -0.4 is 11.1 Å². The number of hydrogen-bond donors (Lipinski definition) is 2. The lowest BCUT2D eigenvalue weighted by Gasteiger charge is -2.04. The van der Waals surface area contributed by atoms with Gasteiger partial charge in [0.05, 0.1) is 6.54 Å². The summed E-state index contributed by atoms with van der Waals surface area (Å²) < 4.78 is 0. The van der Waals surface area contributed by atoms with E-state index in [0.29, 0.717) is 12.1 Å². The SMILES string of the molecule is NCC#Cc1ccc(C(=O)Nc2ccccc2)cc1. The third kappa shape index (κ3) is 3.70. The van der Waals surface area contributed by atoms with Gasteiger partial charge in [-0.05, 0) is 36.4 Å². The van der Waals surface area contributed by atoms with Gasteiger partial charge in [-0.15, -0.1) is 0 Å². The van der Waals surface area contributed by atoms with Crippen LogP contribution in [0.2, 0.25) is 0 Å². The number of anilines is 1. The highest BCUT2D eigenvalue weighted by Crippen LogP contribution is 2.09. The summed E-state index contributed by atoms with van der Waals surface area (Å²) in [7, 11) is 0. The molecular weight excluding hydrogens is 236 g/mol. The molecule has 0 aliphatic rings. The topological polar surface area (TPSA) is 55.1 Å². The van der Waals surface area contributed by atoms with Crippen molar-refractivity contribution in [2.75, 3.05) is 11.9 Å². The third-order valence-electron chi connectivity index (χ3n) is 2.51.